The molecule has 3 rings (SSSR count). The molecular weight excluding hydrogens is 230 g/mol. The summed E-state index contributed by atoms with van der Waals surface area (Å²) in [5, 5.41) is 0. The summed E-state index contributed by atoms with van der Waals surface area (Å²) in [6, 6.07) is 5.77. The molecule has 0 bridgehead atoms. The molecule has 1 saturated heterocycles. The van der Waals surface area contributed by atoms with E-state index >= 15 is 0 Å². The molecule has 94 valence electrons. The average Bonchev–Trinajstić information content (AvgIpc) is 2.37. The van der Waals surface area contributed by atoms with Crippen LogP contribution >= 0.6 is 0 Å². The summed E-state index contributed by atoms with van der Waals surface area (Å²) in [6.45, 7) is 0.685. The van der Waals surface area contributed by atoms with Gasteiger partial charge in [0.15, 0.2) is 0 Å². The van der Waals surface area contributed by atoms with Gasteiger partial charge < -0.3 is 9.64 Å². The lowest BCUT2D eigenvalue weighted by Gasteiger charge is -2.40. The number of ether oxygens (including phenoxy) is 1. The molecule has 1 fully saturated rings. The number of methoxy groups -OCH3 is 1. The van der Waals surface area contributed by atoms with Crippen LogP contribution in [-0.4, -0.2) is 30.2 Å². The lowest BCUT2D eigenvalue weighted by molar-refractivity contribution is -0.143. The fraction of sp³-hybridized carbons (Fsp3) is 0.429. The van der Waals surface area contributed by atoms with Gasteiger partial charge in [-0.3, -0.25) is 9.59 Å². The second-order valence-corrected chi connectivity index (χ2v) is 4.80. The molecule has 2 aliphatic heterocycles. The first-order chi connectivity index (χ1) is 8.70. The molecule has 1 aromatic carbocycles. The first kappa shape index (κ1) is 11.3. The number of rotatable bonds is 1. The molecule has 4 nitrogen and oxygen atoms in total. The highest BCUT2D eigenvalue weighted by Gasteiger charge is 2.37. The minimum Gasteiger partial charge on any atom is -0.496 e. The topological polar surface area (TPSA) is 46.6 Å². The Bertz CT molecular complexity index is 524. The summed E-state index contributed by atoms with van der Waals surface area (Å²) in [5.41, 5.74) is 2.21. The molecule has 2 heterocycles. The second-order valence-electron chi connectivity index (χ2n) is 4.80. The van der Waals surface area contributed by atoms with Crippen LogP contribution < -0.4 is 4.74 Å². The van der Waals surface area contributed by atoms with Crippen molar-refractivity contribution in [2.45, 2.75) is 25.3 Å². The van der Waals surface area contributed by atoms with E-state index in [1.165, 1.54) is 0 Å². The zero-order valence-electron chi connectivity index (χ0n) is 10.3. The fourth-order valence-corrected chi connectivity index (χ4v) is 2.99. The number of carbonyl (C=O) groups is 2. The summed E-state index contributed by atoms with van der Waals surface area (Å²) in [4.78, 5) is 25.3. The Morgan fingerprint density at radius 3 is 2.94 bits per heavy atom. The summed E-state index contributed by atoms with van der Waals surface area (Å²) >= 11 is 0. The van der Waals surface area contributed by atoms with Crippen molar-refractivity contribution in [1.82, 2.24) is 4.90 Å². The lowest BCUT2D eigenvalue weighted by atomic mass is 9.86. The maximum Gasteiger partial charge on any atom is 0.230 e. The SMILES string of the molecule is COc1cccc2c1CCN1C(=O)CC(=O)CC21. The van der Waals surface area contributed by atoms with Crippen LogP contribution in [0.1, 0.15) is 30.0 Å². The van der Waals surface area contributed by atoms with Gasteiger partial charge in [0.05, 0.1) is 19.6 Å². The normalized spacial score (nSPS) is 22.5. The van der Waals surface area contributed by atoms with Crippen molar-refractivity contribution in [1.29, 1.82) is 0 Å². The molecule has 1 unspecified atom stereocenters. The summed E-state index contributed by atoms with van der Waals surface area (Å²) in [5.74, 6) is 0.860. The minimum absolute atomic E-state index is 0.0373. The van der Waals surface area contributed by atoms with Crippen molar-refractivity contribution in [3.05, 3.63) is 29.3 Å². The third kappa shape index (κ3) is 1.60. The van der Waals surface area contributed by atoms with Crippen LogP contribution in [0.15, 0.2) is 18.2 Å². The molecule has 18 heavy (non-hydrogen) atoms. The molecule has 4 heteroatoms. The lowest BCUT2D eigenvalue weighted by Crippen LogP contribution is -2.45. The molecule has 1 aromatic rings. The van der Waals surface area contributed by atoms with E-state index in [9.17, 15) is 9.59 Å². The van der Waals surface area contributed by atoms with Gasteiger partial charge in [-0.2, -0.15) is 0 Å². The smallest absolute Gasteiger partial charge is 0.230 e. The van der Waals surface area contributed by atoms with Crippen molar-refractivity contribution < 1.29 is 14.3 Å². The van der Waals surface area contributed by atoms with Crippen LogP contribution in [0.3, 0.4) is 0 Å². The number of amides is 1. The Kier molecular flexibility index (Phi) is 2.58. The van der Waals surface area contributed by atoms with E-state index in [0.29, 0.717) is 13.0 Å². The van der Waals surface area contributed by atoms with E-state index in [4.69, 9.17) is 4.74 Å². The standard InChI is InChI=1S/C14H15NO3/c1-18-13-4-2-3-10-11(13)5-6-15-12(10)7-9(16)8-14(15)17/h2-4,12H,5-8H2,1H3. The zero-order chi connectivity index (χ0) is 12.7. The Morgan fingerprint density at radius 1 is 1.33 bits per heavy atom. The zero-order valence-corrected chi connectivity index (χ0v) is 10.3. The van der Waals surface area contributed by atoms with Crippen LogP contribution in [0.5, 0.6) is 5.75 Å². The van der Waals surface area contributed by atoms with E-state index in [2.05, 4.69) is 0 Å². The van der Waals surface area contributed by atoms with Crippen LogP contribution in [0.25, 0.3) is 0 Å². The van der Waals surface area contributed by atoms with Gasteiger partial charge >= 0.3 is 0 Å². The number of benzene rings is 1. The molecule has 1 atom stereocenters. The molecule has 0 N–H and O–H groups in total. The third-order valence-corrected chi connectivity index (χ3v) is 3.82. The van der Waals surface area contributed by atoms with Gasteiger partial charge in [0, 0.05) is 18.5 Å². The Balaban J connectivity index is 2.06. The number of ketones is 1. The van der Waals surface area contributed by atoms with Gasteiger partial charge in [0.25, 0.3) is 0 Å². The van der Waals surface area contributed by atoms with Crippen molar-refractivity contribution in [3.8, 4) is 5.75 Å². The Hall–Kier alpha value is -1.84. The Labute approximate surface area is 106 Å². The molecular formula is C14H15NO3. The molecule has 0 saturated carbocycles. The van der Waals surface area contributed by atoms with Gasteiger partial charge in [-0.25, -0.2) is 0 Å². The van der Waals surface area contributed by atoms with E-state index in [0.717, 1.165) is 23.3 Å². The minimum atomic E-state index is -0.0856. The number of hydrogen-bond donors (Lipinski definition) is 0. The van der Waals surface area contributed by atoms with Crippen molar-refractivity contribution in [3.63, 3.8) is 0 Å². The number of carbonyl (C=O) groups excluding carboxylic acids is 2. The highest BCUT2D eigenvalue weighted by atomic mass is 16.5. The highest BCUT2D eigenvalue weighted by Crippen LogP contribution is 2.39. The van der Waals surface area contributed by atoms with Gasteiger partial charge in [-0.05, 0) is 18.1 Å². The number of fused-ring (bicyclic) bond motifs is 3. The first-order valence-electron chi connectivity index (χ1n) is 6.17. The van der Waals surface area contributed by atoms with Crippen molar-refractivity contribution >= 4 is 11.7 Å². The van der Waals surface area contributed by atoms with E-state index in [1.807, 2.05) is 23.1 Å². The largest absolute Gasteiger partial charge is 0.496 e. The quantitative estimate of drug-likeness (QED) is 0.704. The predicted molar refractivity (Wildman–Crippen MR) is 65.4 cm³/mol. The van der Waals surface area contributed by atoms with Gasteiger partial charge in [-0.1, -0.05) is 12.1 Å². The molecule has 1 amide bonds. The van der Waals surface area contributed by atoms with Crippen LogP contribution in [-0.2, 0) is 16.0 Å². The molecule has 0 radical (unpaired) electrons. The summed E-state index contributed by atoms with van der Waals surface area (Å²) in [7, 11) is 1.65. The molecule has 0 aromatic heterocycles. The van der Waals surface area contributed by atoms with Crippen LogP contribution in [0.4, 0.5) is 0 Å². The van der Waals surface area contributed by atoms with Gasteiger partial charge in [0.2, 0.25) is 5.91 Å². The molecule has 2 aliphatic rings. The number of hydrogen-bond acceptors (Lipinski definition) is 3. The van der Waals surface area contributed by atoms with Gasteiger partial charge in [-0.15, -0.1) is 0 Å². The summed E-state index contributed by atoms with van der Waals surface area (Å²) in [6.07, 6.45) is 1.30. The van der Waals surface area contributed by atoms with E-state index in [1.54, 1.807) is 7.11 Å². The van der Waals surface area contributed by atoms with Gasteiger partial charge in [0.1, 0.15) is 11.5 Å². The number of nitrogens with zero attached hydrogens (tertiary/aromatic N) is 1. The van der Waals surface area contributed by atoms with Crippen LogP contribution in [0.2, 0.25) is 0 Å². The molecule has 0 spiro atoms. The Morgan fingerprint density at radius 2 is 2.17 bits per heavy atom. The predicted octanol–water partition coefficient (Wildman–Crippen LogP) is 1.48. The number of Topliss-reactive ketones (excluding diaryl/α,β-unsaturated/α-hetero) is 1. The first-order valence-corrected chi connectivity index (χ1v) is 6.17. The highest BCUT2D eigenvalue weighted by molar-refractivity contribution is 6.01. The second kappa shape index (κ2) is 4.12. The van der Waals surface area contributed by atoms with Crippen molar-refractivity contribution in [2.24, 2.45) is 0 Å². The summed E-state index contributed by atoms with van der Waals surface area (Å²) < 4.78 is 5.36. The fourth-order valence-electron chi connectivity index (χ4n) is 2.99. The maximum absolute atomic E-state index is 11.9. The maximum atomic E-state index is 11.9. The third-order valence-electron chi connectivity index (χ3n) is 3.82. The van der Waals surface area contributed by atoms with E-state index in [-0.39, 0.29) is 24.2 Å². The number of piperidine rings is 1. The monoisotopic (exact) mass is 245 g/mol. The molecule has 0 aliphatic carbocycles. The average molecular weight is 245 g/mol. The van der Waals surface area contributed by atoms with Crippen LogP contribution in [0, 0.1) is 0 Å². The van der Waals surface area contributed by atoms with E-state index < -0.39 is 0 Å². The van der Waals surface area contributed by atoms with Crippen molar-refractivity contribution in [2.75, 3.05) is 13.7 Å².